The number of piperazine rings is 1. The fraction of sp³-hybridized carbons (Fsp3) is 0.381. The van der Waals surface area contributed by atoms with E-state index in [0.717, 1.165) is 10.6 Å². The Bertz CT molecular complexity index is 942. The monoisotopic (exact) mass is 446 g/mol. The summed E-state index contributed by atoms with van der Waals surface area (Å²) < 4.78 is 0. The largest absolute Gasteiger partial charge is 0.359 e. The van der Waals surface area contributed by atoms with Crippen molar-refractivity contribution in [3.8, 4) is 0 Å². The Morgan fingerprint density at radius 2 is 1.97 bits per heavy atom. The van der Waals surface area contributed by atoms with Crippen molar-refractivity contribution in [3.63, 3.8) is 0 Å². The van der Waals surface area contributed by atoms with E-state index in [9.17, 15) is 14.4 Å². The first-order valence-electron chi connectivity index (χ1n) is 9.96. The van der Waals surface area contributed by atoms with Crippen LogP contribution in [0, 0.1) is 5.92 Å². The molecule has 1 aromatic heterocycles. The van der Waals surface area contributed by atoms with Gasteiger partial charge < -0.3 is 20.4 Å². The Kier molecular flexibility index (Phi) is 6.24. The number of likely N-dealkylation sites (tertiary alicyclic amines) is 1. The zero-order chi connectivity index (χ0) is 21.1. The van der Waals surface area contributed by atoms with Crippen LogP contribution < -0.4 is 15.5 Å². The van der Waals surface area contributed by atoms with Crippen molar-refractivity contribution in [1.82, 2.24) is 10.2 Å². The van der Waals surface area contributed by atoms with Crippen molar-refractivity contribution in [2.75, 3.05) is 42.9 Å². The summed E-state index contributed by atoms with van der Waals surface area (Å²) in [5, 5.41) is 8.12. The molecule has 7 nitrogen and oxygen atoms in total. The highest BCUT2D eigenvalue weighted by molar-refractivity contribution is 7.12. The highest BCUT2D eigenvalue weighted by Crippen LogP contribution is 2.30. The van der Waals surface area contributed by atoms with Crippen LogP contribution in [-0.2, 0) is 9.59 Å². The Hall–Kier alpha value is -2.58. The second-order valence-electron chi connectivity index (χ2n) is 7.47. The number of amides is 3. The van der Waals surface area contributed by atoms with E-state index in [1.807, 2.05) is 33.4 Å². The first kappa shape index (κ1) is 20.7. The predicted molar refractivity (Wildman–Crippen MR) is 118 cm³/mol. The maximum absolute atomic E-state index is 12.7. The standard InChI is InChI=1S/C21H23ClN4O3S/c22-16-12-15(3-4-17(16)26-10-7-23-19(27)13-26)24-20(28)14-5-8-25(9-6-14)21(29)18-2-1-11-30-18/h1-4,11-12,14H,5-10,13H2,(H,23,27)(H,24,28). The number of carbonyl (C=O) groups is 3. The van der Waals surface area contributed by atoms with Crippen LogP contribution in [0.25, 0.3) is 0 Å². The molecule has 0 saturated carbocycles. The van der Waals surface area contributed by atoms with E-state index >= 15 is 0 Å². The third-order valence-electron chi connectivity index (χ3n) is 5.48. The SMILES string of the molecule is O=C1CN(c2ccc(NC(=O)C3CCN(C(=O)c4cccs4)CC3)cc2Cl)CCN1. The molecular formula is C21H23ClN4O3S. The molecule has 2 N–H and O–H groups in total. The molecule has 2 saturated heterocycles. The molecule has 0 unspecified atom stereocenters. The van der Waals surface area contributed by atoms with Crippen LogP contribution in [0.3, 0.4) is 0 Å². The van der Waals surface area contributed by atoms with Gasteiger partial charge in [-0.05, 0) is 42.5 Å². The smallest absolute Gasteiger partial charge is 0.263 e. The van der Waals surface area contributed by atoms with Crippen molar-refractivity contribution in [2.45, 2.75) is 12.8 Å². The van der Waals surface area contributed by atoms with Crippen LogP contribution in [0.15, 0.2) is 35.7 Å². The minimum Gasteiger partial charge on any atom is -0.359 e. The predicted octanol–water partition coefficient (Wildman–Crippen LogP) is 2.83. The topological polar surface area (TPSA) is 81.8 Å². The quantitative estimate of drug-likeness (QED) is 0.756. The average Bonchev–Trinajstić information content (AvgIpc) is 3.28. The summed E-state index contributed by atoms with van der Waals surface area (Å²) in [5.74, 6) is -0.183. The molecule has 0 atom stereocenters. The molecule has 2 aliphatic heterocycles. The number of thiophene rings is 1. The first-order chi connectivity index (χ1) is 14.5. The fourth-order valence-corrected chi connectivity index (χ4v) is 4.82. The van der Waals surface area contributed by atoms with Crippen molar-refractivity contribution >= 4 is 52.0 Å². The fourth-order valence-electron chi connectivity index (χ4n) is 3.83. The number of hydrogen-bond donors (Lipinski definition) is 2. The third kappa shape index (κ3) is 4.60. The summed E-state index contributed by atoms with van der Waals surface area (Å²) in [7, 11) is 0. The molecule has 2 fully saturated rings. The van der Waals surface area contributed by atoms with Crippen molar-refractivity contribution in [1.29, 1.82) is 0 Å². The minimum absolute atomic E-state index is 0.0291. The van der Waals surface area contributed by atoms with Crippen LogP contribution in [0.4, 0.5) is 11.4 Å². The van der Waals surface area contributed by atoms with Crippen molar-refractivity contribution in [2.24, 2.45) is 5.92 Å². The minimum atomic E-state index is -0.137. The summed E-state index contributed by atoms with van der Waals surface area (Å²) >= 11 is 7.85. The van der Waals surface area contributed by atoms with Gasteiger partial charge in [0.05, 0.1) is 22.1 Å². The number of halogens is 1. The zero-order valence-corrected chi connectivity index (χ0v) is 18.0. The molecule has 3 heterocycles. The second-order valence-corrected chi connectivity index (χ2v) is 8.83. The maximum Gasteiger partial charge on any atom is 0.263 e. The summed E-state index contributed by atoms with van der Waals surface area (Å²) in [5.41, 5.74) is 1.41. The van der Waals surface area contributed by atoms with Gasteiger partial charge in [0.2, 0.25) is 11.8 Å². The van der Waals surface area contributed by atoms with E-state index in [1.165, 1.54) is 11.3 Å². The lowest BCUT2D eigenvalue weighted by atomic mass is 9.95. The van der Waals surface area contributed by atoms with Crippen LogP contribution in [0.2, 0.25) is 5.02 Å². The molecule has 0 radical (unpaired) electrons. The van der Waals surface area contributed by atoms with Gasteiger partial charge in [-0.1, -0.05) is 17.7 Å². The summed E-state index contributed by atoms with van der Waals surface area (Å²) in [4.78, 5) is 41.2. The average molecular weight is 447 g/mol. The molecule has 3 amide bonds. The Morgan fingerprint density at radius 1 is 1.17 bits per heavy atom. The number of nitrogens with one attached hydrogen (secondary N) is 2. The molecule has 30 heavy (non-hydrogen) atoms. The number of rotatable bonds is 4. The third-order valence-corrected chi connectivity index (χ3v) is 6.64. The Labute approximate surface area is 184 Å². The van der Waals surface area contributed by atoms with Gasteiger partial charge in [0.15, 0.2) is 0 Å². The number of anilines is 2. The number of nitrogens with zero attached hydrogens (tertiary/aromatic N) is 2. The van der Waals surface area contributed by atoms with E-state index in [-0.39, 0.29) is 30.2 Å². The highest BCUT2D eigenvalue weighted by atomic mass is 35.5. The lowest BCUT2D eigenvalue weighted by Gasteiger charge is -2.31. The summed E-state index contributed by atoms with van der Waals surface area (Å²) in [6.45, 7) is 2.70. The van der Waals surface area contributed by atoms with Crippen LogP contribution >= 0.6 is 22.9 Å². The number of benzene rings is 1. The van der Waals surface area contributed by atoms with Gasteiger partial charge in [-0.3, -0.25) is 14.4 Å². The molecule has 158 valence electrons. The van der Waals surface area contributed by atoms with Crippen molar-refractivity contribution in [3.05, 3.63) is 45.6 Å². The van der Waals surface area contributed by atoms with Crippen LogP contribution in [-0.4, -0.2) is 55.3 Å². The molecule has 0 aliphatic carbocycles. The molecule has 0 bridgehead atoms. The van der Waals surface area contributed by atoms with E-state index in [0.29, 0.717) is 49.7 Å². The number of carbonyl (C=O) groups excluding carboxylic acids is 3. The summed E-state index contributed by atoms with van der Waals surface area (Å²) in [6.07, 6.45) is 1.27. The number of piperidine rings is 1. The Balaban J connectivity index is 1.32. The Morgan fingerprint density at radius 3 is 2.63 bits per heavy atom. The van der Waals surface area contributed by atoms with Gasteiger partial charge in [-0.2, -0.15) is 0 Å². The lowest BCUT2D eigenvalue weighted by molar-refractivity contribution is -0.121. The molecule has 2 aliphatic rings. The zero-order valence-electron chi connectivity index (χ0n) is 16.4. The normalized spacial score (nSPS) is 17.6. The molecule has 1 aromatic carbocycles. The molecule has 9 heteroatoms. The van der Waals surface area contributed by atoms with Crippen LogP contribution in [0.1, 0.15) is 22.5 Å². The maximum atomic E-state index is 12.7. The van der Waals surface area contributed by atoms with E-state index in [2.05, 4.69) is 10.6 Å². The van der Waals surface area contributed by atoms with Crippen LogP contribution in [0.5, 0.6) is 0 Å². The van der Waals surface area contributed by atoms with Gasteiger partial charge >= 0.3 is 0 Å². The number of hydrogen-bond acceptors (Lipinski definition) is 5. The van der Waals surface area contributed by atoms with E-state index in [1.54, 1.807) is 12.1 Å². The van der Waals surface area contributed by atoms with Gasteiger partial charge in [0.25, 0.3) is 5.91 Å². The van der Waals surface area contributed by atoms with Gasteiger partial charge in [0, 0.05) is 37.8 Å². The molecule has 2 aromatic rings. The van der Waals surface area contributed by atoms with E-state index < -0.39 is 0 Å². The molecular weight excluding hydrogens is 424 g/mol. The van der Waals surface area contributed by atoms with Gasteiger partial charge in [-0.15, -0.1) is 11.3 Å². The molecule has 4 rings (SSSR count). The van der Waals surface area contributed by atoms with Crippen molar-refractivity contribution < 1.29 is 14.4 Å². The second kappa shape index (κ2) is 9.06. The van der Waals surface area contributed by atoms with Gasteiger partial charge in [-0.25, -0.2) is 0 Å². The molecule has 0 spiro atoms. The lowest BCUT2D eigenvalue weighted by Crippen LogP contribution is -2.47. The summed E-state index contributed by atoms with van der Waals surface area (Å²) in [6, 6.07) is 9.06. The first-order valence-corrected chi connectivity index (χ1v) is 11.2. The van der Waals surface area contributed by atoms with Gasteiger partial charge in [0.1, 0.15) is 0 Å². The highest BCUT2D eigenvalue weighted by Gasteiger charge is 2.28. The van der Waals surface area contributed by atoms with E-state index in [4.69, 9.17) is 11.6 Å².